The Labute approximate surface area is 76.6 Å². The minimum absolute atomic E-state index is 0.432. The zero-order chi connectivity index (χ0) is 9.47. The van der Waals surface area contributed by atoms with E-state index in [0.29, 0.717) is 0 Å². The van der Waals surface area contributed by atoms with Crippen LogP contribution in [0.1, 0.15) is 19.6 Å². The van der Waals surface area contributed by atoms with E-state index in [1.54, 1.807) is 12.4 Å². The van der Waals surface area contributed by atoms with Gasteiger partial charge >= 0.3 is 0 Å². The number of aromatic nitrogens is 1. The molecule has 2 N–H and O–H groups in total. The van der Waals surface area contributed by atoms with Crippen LogP contribution in [-0.4, -0.2) is 4.98 Å². The van der Waals surface area contributed by atoms with Gasteiger partial charge in [-0.2, -0.15) is 0 Å². The monoisotopic (exact) mass is 176 g/mol. The molecule has 3 nitrogen and oxygen atoms in total. The van der Waals surface area contributed by atoms with E-state index in [2.05, 4.69) is 4.98 Å². The van der Waals surface area contributed by atoms with Crippen LogP contribution < -0.4 is 5.73 Å². The molecule has 0 aromatic carbocycles. The van der Waals surface area contributed by atoms with Crippen molar-refractivity contribution >= 4 is 11.0 Å². The normalized spacial score (nSPS) is 12.2. The number of rotatable bonds is 1. The quantitative estimate of drug-likeness (QED) is 0.723. The summed E-state index contributed by atoms with van der Waals surface area (Å²) in [5.74, 6) is 0.788. The van der Waals surface area contributed by atoms with Crippen molar-refractivity contribution in [2.75, 3.05) is 0 Å². The number of furan rings is 1. The van der Waals surface area contributed by atoms with Crippen molar-refractivity contribution in [3.8, 4) is 0 Å². The summed E-state index contributed by atoms with van der Waals surface area (Å²) < 4.78 is 5.54. The van der Waals surface area contributed by atoms with Gasteiger partial charge in [-0.3, -0.25) is 4.98 Å². The lowest BCUT2D eigenvalue weighted by Gasteiger charge is -2.13. The Morgan fingerprint density at radius 1 is 1.46 bits per heavy atom. The van der Waals surface area contributed by atoms with Crippen molar-refractivity contribution < 1.29 is 4.42 Å². The first-order valence-corrected chi connectivity index (χ1v) is 4.20. The van der Waals surface area contributed by atoms with Crippen LogP contribution in [0.15, 0.2) is 28.9 Å². The molecular formula is C10H12N2O. The van der Waals surface area contributed by atoms with E-state index in [4.69, 9.17) is 10.2 Å². The second kappa shape index (κ2) is 2.57. The molecule has 0 saturated carbocycles. The van der Waals surface area contributed by atoms with Crippen molar-refractivity contribution in [2.24, 2.45) is 5.73 Å². The van der Waals surface area contributed by atoms with Crippen molar-refractivity contribution in [3.63, 3.8) is 0 Å². The Bertz CT molecular complexity index is 393. The predicted molar refractivity (Wildman–Crippen MR) is 51.2 cm³/mol. The van der Waals surface area contributed by atoms with Crippen molar-refractivity contribution in [3.05, 3.63) is 30.3 Å². The van der Waals surface area contributed by atoms with Gasteiger partial charge in [0.1, 0.15) is 5.76 Å². The maximum absolute atomic E-state index is 5.91. The molecule has 0 atom stereocenters. The van der Waals surface area contributed by atoms with E-state index in [1.807, 2.05) is 26.0 Å². The van der Waals surface area contributed by atoms with E-state index >= 15 is 0 Å². The van der Waals surface area contributed by atoms with Crippen LogP contribution in [0, 0.1) is 0 Å². The van der Waals surface area contributed by atoms with Crippen LogP contribution in [0.5, 0.6) is 0 Å². The average Bonchev–Trinajstić information content (AvgIpc) is 2.45. The third kappa shape index (κ3) is 1.42. The number of nitrogens with zero attached hydrogens (tertiary/aromatic N) is 1. The van der Waals surface area contributed by atoms with Gasteiger partial charge < -0.3 is 10.2 Å². The van der Waals surface area contributed by atoms with E-state index in [-0.39, 0.29) is 0 Å². The van der Waals surface area contributed by atoms with Gasteiger partial charge in [-0.25, -0.2) is 0 Å². The standard InChI is InChI=1S/C10H12N2O/c1-10(2,11)9-5-7-3-4-12-6-8(7)13-9/h3-6H,11H2,1-2H3. The smallest absolute Gasteiger partial charge is 0.152 e. The van der Waals surface area contributed by atoms with Crippen LogP contribution in [0.25, 0.3) is 11.0 Å². The fraction of sp³-hybridized carbons (Fsp3) is 0.300. The Morgan fingerprint density at radius 2 is 2.23 bits per heavy atom. The van der Waals surface area contributed by atoms with Crippen molar-refractivity contribution in [1.82, 2.24) is 4.98 Å². The van der Waals surface area contributed by atoms with Gasteiger partial charge in [0, 0.05) is 11.6 Å². The van der Waals surface area contributed by atoms with Gasteiger partial charge in [0.15, 0.2) is 5.58 Å². The van der Waals surface area contributed by atoms with Crippen molar-refractivity contribution in [2.45, 2.75) is 19.4 Å². The molecule has 0 aliphatic carbocycles. The van der Waals surface area contributed by atoms with Gasteiger partial charge in [-0.15, -0.1) is 0 Å². The lowest BCUT2D eigenvalue weighted by Crippen LogP contribution is -2.27. The molecule has 0 amide bonds. The van der Waals surface area contributed by atoms with Gasteiger partial charge in [0.25, 0.3) is 0 Å². The predicted octanol–water partition coefficient (Wildman–Crippen LogP) is 2.02. The molecule has 68 valence electrons. The molecule has 0 aliphatic rings. The highest BCUT2D eigenvalue weighted by Crippen LogP contribution is 2.24. The number of fused-ring (bicyclic) bond motifs is 1. The van der Waals surface area contributed by atoms with Gasteiger partial charge in [-0.05, 0) is 26.0 Å². The molecule has 0 unspecified atom stereocenters. The third-order valence-corrected chi connectivity index (χ3v) is 1.96. The summed E-state index contributed by atoms with van der Waals surface area (Å²) in [5, 5.41) is 1.04. The first kappa shape index (κ1) is 8.26. The summed E-state index contributed by atoms with van der Waals surface area (Å²) >= 11 is 0. The SMILES string of the molecule is CC(C)(N)c1cc2ccncc2o1. The molecular weight excluding hydrogens is 164 g/mol. The summed E-state index contributed by atoms with van der Waals surface area (Å²) in [4.78, 5) is 3.97. The second-order valence-electron chi connectivity index (χ2n) is 3.75. The van der Waals surface area contributed by atoms with E-state index in [1.165, 1.54) is 0 Å². The van der Waals surface area contributed by atoms with Crippen LogP contribution in [0.3, 0.4) is 0 Å². The summed E-state index contributed by atoms with van der Waals surface area (Å²) in [5.41, 5.74) is 6.26. The molecule has 0 fully saturated rings. The van der Waals surface area contributed by atoms with E-state index in [0.717, 1.165) is 16.7 Å². The fourth-order valence-corrected chi connectivity index (χ4v) is 1.20. The summed E-state index contributed by atoms with van der Waals surface area (Å²) in [6.45, 7) is 3.83. The van der Waals surface area contributed by atoms with E-state index < -0.39 is 5.54 Å². The second-order valence-corrected chi connectivity index (χ2v) is 3.75. The number of hydrogen-bond donors (Lipinski definition) is 1. The van der Waals surface area contributed by atoms with Crippen LogP contribution in [-0.2, 0) is 5.54 Å². The highest BCUT2D eigenvalue weighted by atomic mass is 16.3. The molecule has 2 heterocycles. The van der Waals surface area contributed by atoms with Crippen LogP contribution in [0.2, 0.25) is 0 Å². The summed E-state index contributed by atoms with van der Waals surface area (Å²) in [7, 11) is 0. The molecule has 0 saturated heterocycles. The lowest BCUT2D eigenvalue weighted by atomic mass is 10.0. The maximum atomic E-state index is 5.91. The molecule has 0 radical (unpaired) electrons. The van der Waals surface area contributed by atoms with Crippen molar-refractivity contribution in [1.29, 1.82) is 0 Å². The average molecular weight is 176 g/mol. The highest BCUT2D eigenvalue weighted by Gasteiger charge is 2.18. The summed E-state index contributed by atoms with van der Waals surface area (Å²) in [6.07, 6.45) is 3.44. The molecule has 0 aliphatic heterocycles. The minimum atomic E-state index is -0.432. The molecule has 3 heteroatoms. The Balaban J connectivity index is 2.63. The van der Waals surface area contributed by atoms with Crippen LogP contribution in [0.4, 0.5) is 0 Å². The molecule has 2 aromatic rings. The largest absolute Gasteiger partial charge is 0.458 e. The van der Waals surface area contributed by atoms with E-state index in [9.17, 15) is 0 Å². The van der Waals surface area contributed by atoms with Gasteiger partial charge in [-0.1, -0.05) is 0 Å². The van der Waals surface area contributed by atoms with Gasteiger partial charge in [0.05, 0.1) is 11.7 Å². The highest BCUT2D eigenvalue weighted by molar-refractivity contribution is 5.76. The lowest BCUT2D eigenvalue weighted by molar-refractivity contribution is 0.413. The third-order valence-electron chi connectivity index (χ3n) is 1.96. The topological polar surface area (TPSA) is 52.0 Å². The molecule has 2 aromatic heterocycles. The Hall–Kier alpha value is -1.35. The number of pyridine rings is 1. The first-order chi connectivity index (χ1) is 6.07. The first-order valence-electron chi connectivity index (χ1n) is 4.20. The molecule has 2 rings (SSSR count). The minimum Gasteiger partial charge on any atom is -0.458 e. The zero-order valence-corrected chi connectivity index (χ0v) is 7.74. The Morgan fingerprint density at radius 3 is 2.85 bits per heavy atom. The zero-order valence-electron chi connectivity index (χ0n) is 7.74. The fourth-order valence-electron chi connectivity index (χ4n) is 1.20. The number of nitrogens with two attached hydrogens (primary N) is 1. The van der Waals surface area contributed by atoms with Gasteiger partial charge in [0.2, 0.25) is 0 Å². The number of hydrogen-bond acceptors (Lipinski definition) is 3. The van der Waals surface area contributed by atoms with Crippen LogP contribution >= 0.6 is 0 Å². The summed E-state index contributed by atoms with van der Waals surface area (Å²) in [6, 6.07) is 3.87. The maximum Gasteiger partial charge on any atom is 0.152 e. The molecule has 0 spiro atoms. The Kier molecular flexibility index (Phi) is 1.63. The molecule has 13 heavy (non-hydrogen) atoms. The molecule has 0 bridgehead atoms.